The van der Waals surface area contributed by atoms with Crippen molar-refractivity contribution in [2.24, 2.45) is 5.73 Å². The molecule has 0 spiro atoms. The zero-order valence-electron chi connectivity index (χ0n) is 11.9. The molecule has 0 bridgehead atoms. The van der Waals surface area contributed by atoms with Gasteiger partial charge in [-0.1, -0.05) is 24.9 Å². The van der Waals surface area contributed by atoms with Crippen molar-refractivity contribution in [3.63, 3.8) is 0 Å². The Labute approximate surface area is 129 Å². The summed E-state index contributed by atoms with van der Waals surface area (Å²) >= 11 is 5.90. The van der Waals surface area contributed by atoms with E-state index in [0.29, 0.717) is 0 Å². The van der Waals surface area contributed by atoms with E-state index in [0.717, 1.165) is 12.8 Å². The first-order valence-corrected chi connectivity index (χ1v) is 8.31. The average molecular weight is 335 g/mol. The molecule has 6 nitrogen and oxygen atoms in total. The van der Waals surface area contributed by atoms with Crippen molar-refractivity contribution in [3.05, 3.63) is 28.8 Å². The van der Waals surface area contributed by atoms with Crippen molar-refractivity contribution < 1.29 is 17.9 Å². The van der Waals surface area contributed by atoms with Gasteiger partial charge in [-0.3, -0.25) is 0 Å². The smallest absolute Gasteiger partial charge is 0.339 e. The Balaban J connectivity index is 2.89. The first-order valence-electron chi connectivity index (χ1n) is 6.45. The second-order valence-corrected chi connectivity index (χ2v) is 6.71. The predicted molar refractivity (Wildman–Crippen MR) is 80.9 cm³/mol. The summed E-state index contributed by atoms with van der Waals surface area (Å²) in [5.41, 5.74) is 5.88. The zero-order chi connectivity index (χ0) is 16.0. The number of methoxy groups -OCH3 is 1. The van der Waals surface area contributed by atoms with Gasteiger partial charge in [-0.25, -0.2) is 17.9 Å². The number of rotatable bonds is 7. The van der Waals surface area contributed by atoms with Crippen LogP contribution in [0.1, 0.15) is 30.1 Å². The van der Waals surface area contributed by atoms with Gasteiger partial charge in [-0.2, -0.15) is 0 Å². The van der Waals surface area contributed by atoms with Crippen LogP contribution >= 0.6 is 11.6 Å². The second kappa shape index (κ2) is 7.74. The number of hydrogen-bond donors (Lipinski definition) is 2. The topological polar surface area (TPSA) is 98.5 Å². The molecule has 8 heteroatoms. The van der Waals surface area contributed by atoms with Crippen LogP contribution in [-0.2, 0) is 14.8 Å². The highest BCUT2D eigenvalue weighted by Crippen LogP contribution is 2.21. The Kier molecular flexibility index (Phi) is 6.60. The van der Waals surface area contributed by atoms with Crippen LogP contribution in [-0.4, -0.2) is 34.1 Å². The molecule has 1 aromatic rings. The van der Waals surface area contributed by atoms with E-state index < -0.39 is 16.0 Å². The van der Waals surface area contributed by atoms with Crippen LogP contribution in [0.25, 0.3) is 0 Å². The van der Waals surface area contributed by atoms with Crippen LogP contribution in [0.4, 0.5) is 0 Å². The molecule has 21 heavy (non-hydrogen) atoms. The summed E-state index contributed by atoms with van der Waals surface area (Å²) in [5.74, 6) is -0.623. The molecule has 3 N–H and O–H groups in total. The number of ether oxygens (including phenoxy) is 1. The number of carbonyl (C=O) groups excluding carboxylic acids is 1. The summed E-state index contributed by atoms with van der Waals surface area (Å²) in [6.07, 6.45) is 1.60. The summed E-state index contributed by atoms with van der Waals surface area (Å²) in [7, 11) is -2.49. The Hall–Kier alpha value is -1.15. The third-order valence-electron chi connectivity index (χ3n) is 2.85. The number of nitrogens with two attached hydrogens (primary N) is 1. The van der Waals surface area contributed by atoms with Gasteiger partial charge in [0.05, 0.1) is 22.6 Å². The molecule has 0 saturated carbocycles. The van der Waals surface area contributed by atoms with Gasteiger partial charge in [0.25, 0.3) is 0 Å². The van der Waals surface area contributed by atoms with Crippen LogP contribution in [0.15, 0.2) is 23.1 Å². The molecule has 0 amide bonds. The number of halogens is 1. The van der Waals surface area contributed by atoms with Gasteiger partial charge in [0.1, 0.15) is 0 Å². The Morgan fingerprint density at radius 1 is 1.48 bits per heavy atom. The van der Waals surface area contributed by atoms with E-state index in [1.54, 1.807) is 0 Å². The van der Waals surface area contributed by atoms with Crippen molar-refractivity contribution in [2.75, 3.05) is 13.7 Å². The maximum atomic E-state index is 12.1. The normalized spacial score (nSPS) is 13.0. The number of hydrogen-bond acceptors (Lipinski definition) is 5. The molecule has 0 saturated heterocycles. The van der Waals surface area contributed by atoms with E-state index in [9.17, 15) is 13.2 Å². The van der Waals surface area contributed by atoms with Crippen LogP contribution in [0, 0.1) is 0 Å². The lowest BCUT2D eigenvalue weighted by Gasteiger charge is -2.12. The fourth-order valence-corrected chi connectivity index (χ4v) is 3.15. The van der Waals surface area contributed by atoms with Gasteiger partial charge < -0.3 is 10.5 Å². The van der Waals surface area contributed by atoms with Gasteiger partial charge in [0, 0.05) is 12.6 Å². The Morgan fingerprint density at radius 3 is 2.67 bits per heavy atom. The van der Waals surface area contributed by atoms with E-state index in [1.807, 2.05) is 6.92 Å². The molecule has 0 aromatic heterocycles. The van der Waals surface area contributed by atoms with E-state index in [4.69, 9.17) is 17.3 Å². The van der Waals surface area contributed by atoms with Gasteiger partial charge in [0.15, 0.2) is 0 Å². The predicted octanol–water partition coefficient (Wildman–Crippen LogP) is 1.53. The van der Waals surface area contributed by atoms with Crippen molar-refractivity contribution in [2.45, 2.75) is 30.7 Å². The summed E-state index contributed by atoms with van der Waals surface area (Å²) in [5, 5.41) is 0.0163. The standard InChI is InChI=1S/C13H19ClN2O4S/c1-3-4-9(15)8-16-21(18,19)10-5-6-11(12(14)7-10)13(17)20-2/h5-7,9,16H,3-4,8,15H2,1-2H3/t9-/m0/s1. The fourth-order valence-electron chi connectivity index (χ4n) is 1.71. The lowest BCUT2D eigenvalue weighted by molar-refractivity contribution is 0.0601. The molecule has 0 radical (unpaired) electrons. The number of benzene rings is 1. The Bertz CT molecular complexity index is 604. The molecule has 1 atom stereocenters. The quantitative estimate of drug-likeness (QED) is 0.737. The highest BCUT2D eigenvalue weighted by Gasteiger charge is 2.18. The van der Waals surface area contributed by atoms with Gasteiger partial charge in [-0.15, -0.1) is 0 Å². The molecule has 0 aliphatic rings. The molecular formula is C13H19ClN2O4S. The fraction of sp³-hybridized carbons (Fsp3) is 0.462. The van der Waals surface area contributed by atoms with Crippen molar-refractivity contribution in [1.29, 1.82) is 0 Å². The maximum Gasteiger partial charge on any atom is 0.339 e. The Morgan fingerprint density at radius 2 is 2.14 bits per heavy atom. The summed E-state index contributed by atoms with van der Waals surface area (Å²) in [6, 6.07) is 3.58. The lowest BCUT2D eigenvalue weighted by atomic mass is 10.2. The van der Waals surface area contributed by atoms with Gasteiger partial charge in [-0.05, 0) is 24.6 Å². The third kappa shape index (κ3) is 4.96. The van der Waals surface area contributed by atoms with E-state index in [1.165, 1.54) is 25.3 Å². The molecule has 0 fully saturated rings. The van der Waals surface area contributed by atoms with Crippen LogP contribution in [0.5, 0.6) is 0 Å². The number of sulfonamides is 1. The zero-order valence-corrected chi connectivity index (χ0v) is 13.5. The molecule has 118 valence electrons. The minimum absolute atomic E-state index is 0.0163. The van der Waals surface area contributed by atoms with Crippen LogP contribution < -0.4 is 10.5 Å². The minimum atomic E-state index is -3.71. The number of nitrogens with one attached hydrogen (secondary N) is 1. The van der Waals surface area contributed by atoms with Gasteiger partial charge in [0.2, 0.25) is 10.0 Å². The highest BCUT2D eigenvalue weighted by molar-refractivity contribution is 7.89. The van der Waals surface area contributed by atoms with E-state index >= 15 is 0 Å². The summed E-state index contributed by atoms with van der Waals surface area (Å²) in [4.78, 5) is 11.4. The maximum absolute atomic E-state index is 12.1. The molecule has 0 unspecified atom stereocenters. The number of carbonyl (C=O) groups is 1. The number of esters is 1. The summed E-state index contributed by atoms with van der Waals surface area (Å²) in [6.45, 7) is 2.12. The van der Waals surface area contributed by atoms with Crippen LogP contribution in [0.3, 0.4) is 0 Å². The average Bonchev–Trinajstić information content (AvgIpc) is 2.44. The van der Waals surface area contributed by atoms with E-state index in [-0.39, 0.29) is 28.1 Å². The molecule has 0 heterocycles. The van der Waals surface area contributed by atoms with Crippen molar-refractivity contribution in [3.8, 4) is 0 Å². The molecule has 0 aliphatic heterocycles. The first kappa shape index (κ1) is 17.9. The molecule has 1 rings (SSSR count). The SMILES string of the molecule is CCC[C@H](N)CNS(=O)(=O)c1ccc(C(=O)OC)c(Cl)c1. The highest BCUT2D eigenvalue weighted by atomic mass is 35.5. The van der Waals surface area contributed by atoms with E-state index in [2.05, 4.69) is 9.46 Å². The molecular weight excluding hydrogens is 316 g/mol. The van der Waals surface area contributed by atoms with Crippen molar-refractivity contribution in [1.82, 2.24) is 4.72 Å². The second-order valence-electron chi connectivity index (χ2n) is 4.53. The lowest BCUT2D eigenvalue weighted by Crippen LogP contribution is -2.37. The van der Waals surface area contributed by atoms with Crippen molar-refractivity contribution >= 4 is 27.6 Å². The molecule has 1 aromatic carbocycles. The minimum Gasteiger partial charge on any atom is -0.465 e. The monoisotopic (exact) mass is 334 g/mol. The first-order chi connectivity index (χ1) is 9.81. The third-order valence-corrected chi connectivity index (χ3v) is 4.59. The van der Waals surface area contributed by atoms with Gasteiger partial charge >= 0.3 is 5.97 Å². The largest absolute Gasteiger partial charge is 0.465 e. The molecule has 0 aliphatic carbocycles. The summed E-state index contributed by atoms with van der Waals surface area (Å²) < 4.78 is 31.2. The van der Waals surface area contributed by atoms with Crippen LogP contribution in [0.2, 0.25) is 5.02 Å².